The second kappa shape index (κ2) is 4.81. The van der Waals surface area contributed by atoms with Crippen molar-refractivity contribution in [3.05, 3.63) is 17.8 Å². The van der Waals surface area contributed by atoms with Crippen LogP contribution in [0.5, 0.6) is 0 Å². The summed E-state index contributed by atoms with van der Waals surface area (Å²) in [5.74, 6) is -0.116. The molecule has 0 aliphatic carbocycles. The molecule has 0 aliphatic heterocycles. The third-order valence-electron chi connectivity index (χ3n) is 1.66. The molecule has 0 amide bonds. The van der Waals surface area contributed by atoms with Gasteiger partial charge in [0.1, 0.15) is 18.4 Å². The Balaban J connectivity index is 2.77. The van der Waals surface area contributed by atoms with Crippen LogP contribution in [-0.2, 0) is 9.53 Å². The molecule has 0 unspecified atom stereocenters. The van der Waals surface area contributed by atoms with Gasteiger partial charge in [-0.1, -0.05) is 0 Å². The second-order valence-electron chi connectivity index (χ2n) is 2.71. The summed E-state index contributed by atoms with van der Waals surface area (Å²) < 4.78 is 4.43. The zero-order chi connectivity index (χ0) is 11.3. The van der Waals surface area contributed by atoms with Crippen LogP contribution in [0.15, 0.2) is 12.3 Å². The van der Waals surface area contributed by atoms with Crippen molar-refractivity contribution in [1.29, 1.82) is 5.26 Å². The number of rotatable bonds is 3. The molecule has 6 heteroatoms. The molecule has 0 radical (unpaired) electrons. The van der Waals surface area contributed by atoms with E-state index in [0.29, 0.717) is 17.1 Å². The number of esters is 1. The average Bonchev–Trinajstić information content (AvgIpc) is 2.26. The Bertz CT molecular complexity index is 411. The lowest BCUT2D eigenvalue weighted by Crippen LogP contribution is -2.16. The van der Waals surface area contributed by atoms with E-state index < -0.39 is 5.97 Å². The van der Waals surface area contributed by atoms with Crippen molar-refractivity contribution in [2.75, 3.05) is 24.7 Å². The topological polar surface area (TPSA) is 101 Å². The summed E-state index contributed by atoms with van der Waals surface area (Å²) in [5.41, 5.74) is 6.14. The number of nitrogens with zero attached hydrogens (tertiary/aromatic N) is 2. The second-order valence-corrected chi connectivity index (χ2v) is 2.71. The van der Waals surface area contributed by atoms with Gasteiger partial charge in [-0.15, -0.1) is 0 Å². The van der Waals surface area contributed by atoms with Gasteiger partial charge in [0, 0.05) is 0 Å². The fourth-order valence-corrected chi connectivity index (χ4v) is 0.935. The number of ether oxygens (including phenoxy) is 1. The van der Waals surface area contributed by atoms with Crippen LogP contribution in [0.25, 0.3) is 0 Å². The summed E-state index contributed by atoms with van der Waals surface area (Å²) in [4.78, 5) is 14.7. The number of nitrogens with two attached hydrogens (primary N) is 1. The van der Waals surface area contributed by atoms with Gasteiger partial charge in [-0.3, -0.25) is 4.79 Å². The van der Waals surface area contributed by atoms with Gasteiger partial charge in [-0.05, 0) is 6.07 Å². The summed E-state index contributed by atoms with van der Waals surface area (Å²) in [5, 5.41) is 11.4. The molecule has 0 fully saturated rings. The van der Waals surface area contributed by atoms with Crippen molar-refractivity contribution in [3.63, 3.8) is 0 Å². The first-order chi connectivity index (χ1) is 7.17. The third kappa shape index (κ3) is 2.84. The van der Waals surface area contributed by atoms with Gasteiger partial charge < -0.3 is 15.8 Å². The van der Waals surface area contributed by atoms with Crippen LogP contribution in [0.4, 0.5) is 11.5 Å². The van der Waals surface area contributed by atoms with Gasteiger partial charge >= 0.3 is 5.97 Å². The number of anilines is 2. The smallest absolute Gasteiger partial charge is 0.325 e. The van der Waals surface area contributed by atoms with E-state index in [-0.39, 0.29) is 6.54 Å². The predicted molar refractivity (Wildman–Crippen MR) is 53.9 cm³/mol. The van der Waals surface area contributed by atoms with Crippen molar-refractivity contribution < 1.29 is 9.53 Å². The molecule has 0 atom stereocenters. The zero-order valence-corrected chi connectivity index (χ0v) is 8.15. The molecule has 1 rings (SSSR count). The maximum atomic E-state index is 10.8. The number of nitriles is 1. The number of nitrogen functional groups attached to an aromatic ring is 1. The van der Waals surface area contributed by atoms with E-state index in [9.17, 15) is 4.79 Å². The van der Waals surface area contributed by atoms with Crippen LogP contribution < -0.4 is 11.1 Å². The Morgan fingerprint density at radius 1 is 1.80 bits per heavy atom. The average molecular weight is 206 g/mol. The lowest BCUT2D eigenvalue weighted by Gasteiger charge is -2.05. The number of methoxy groups -OCH3 is 1. The molecular weight excluding hydrogens is 196 g/mol. The largest absolute Gasteiger partial charge is 0.468 e. The molecule has 1 heterocycles. The maximum Gasteiger partial charge on any atom is 0.325 e. The van der Waals surface area contributed by atoms with Gasteiger partial charge in [0.25, 0.3) is 0 Å². The minimum atomic E-state index is -0.433. The first-order valence-electron chi connectivity index (χ1n) is 4.13. The van der Waals surface area contributed by atoms with Gasteiger partial charge in [-0.25, -0.2) is 4.98 Å². The van der Waals surface area contributed by atoms with Crippen LogP contribution in [0, 0.1) is 11.3 Å². The summed E-state index contributed by atoms with van der Waals surface area (Å²) in [6, 6.07) is 3.40. The molecule has 1 aromatic heterocycles. The lowest BCUT2D eigenvalue weighted by molar-refractivity contribution is -0.138. The number of hydrogen-bond donors (Lipinski definition) is 2. The van der Waals surface area contributed by atoms with E-state index in [4.69, 9.17) is 11.0 Å². The van der Waals surface area contributed by atoms with Crippen LogP contribution in [0.1, 0.15) is 5.56 Å². The minimum Gasteiger partial charge on any atom is -0.468 e. The van der Waals surface area contributed by atoms with Crippen LogP contribution in [0.2, 0.25) is 0 Å². The van der Waals surface area contributed by atoms with E-state index in [1.165, 1.54) is 19.4 Å². The quantitative estimate of drug-likeness (QED) is 0.681. The Labute approximate surface area is 86.7 Å². The monoisotopic (exact) mass is 206 g/mol. The molecule has 0 saturated heterocycles. The number of carbonyl (C=O) groups excluding carboxylic acids is 1. The first-order valence-corrected chi connectivity index (χ1v) is 4.13. The molecular formula is C9H10N4O2. The Hall–Kier alpha value is -2.29. The molecule has 0 aromatic carbocycles. The highest BCUT2D eigenvalue weighted by molar-refractivity contribution is 5.75. The van der Waals surface area contributed by atoms with Gasteiger partial charge in [0.15, 0.2) is 0 Å². The van der Waals surface area contributed by atoms with Crippen molar-refractivity contribution in [1.82, 2.24) is 4.98 Å². The molecule has 0 bridgehead atoms. The number of nitrogens with one attached hydrogen (secondary N) is 1. The summed E-state index contributed by atoms with van der Waals surface area (Å²) >= 11 is 0. The van der Waals surface area contributed by atoms with E-state index in [0.717, 1.165) is 0 Å². The standard InChI is InChI=1S/C9H10N4O2/c1-15-8(14)5-13-9-6(3-10)2-7(11)4-12-9/h2,4H,5,11H2,1H3,(H,12,13). The third-order valence-corrected chi connectivity index (χ3v) is 1.66. The van der Waals surface area contributed by atoms with E-state index >= 15 is 0 Å². The van der Waals surface area contributed by atoms with Crippen molar-refractivity contribution in [3.8, 4) is 6.07 Å². The number of aromatic nitrogens is 1. The lowest BCUT2D eigenvalue weighted by atomic mass is 10.2. The summed E-state index contributed by atoms with van der Waals surface area (Å²) in [6.07, 6.45) is 1.40. The molecule has 0 saturated carbocycles. The zero-order valence-electron chi connectivity index (χ0n) is 8.15. The van der Waals surface area contributed by atoms with E-state index in [2.05, 4.69) is 15.0 Å². The molecule has 0 spiro atoms. The Kier molecular flexibility index (Phi) is 3.46. The molecule has 6 nitrogen and oxygen atoms in total. The normalized spacial score (nSPS) is 9.07. The van der Waals surface area contributed by atoms with E-state index in [1.54, 1.807) is 0 Å². The first kappa shape index (κ1) is 10.8. The van der Waals surface area contributed by atoms with Gasteiger partial charge in [-0.2, -0.15) is 5.26 Å². The molecule has 15 heavy (non-hydrogen) atoms. The van der Waals surface area contributed by atoms with Crippen LogP contribution in [0.3, 0.4) is 0 Å². The molecule has 0 aliphatic rings. The maximum absolute atomic E-state index is 10.8. The highest BCUT2D eigenvalue weighted by Crippen LogP contribution is 2.13. The minimum absolute atomic E-state index is 0.0396. The SMILES string of the molecule is COC(=O)CNc1ncc(N)cc1C#N. The van der Waals surface area contributed by atoms with Gasteiger partial charge in [0.05, 0.1) is 24.6 Å². The summed E-state index contributed by atoms with van der Waals surface area (Å²) in [6.45, 7) is -0.0396. The summed E-state index contributed by atoms with van der Waals surface area (Å²) in [7, 11) is 1.28. The molecule has 78 valence electrons. The molecule has 3 N–H and O–H groups in total. The number of hydrogen-bond acceptors (Lipinski definition) is 6. The highest BCUT2D eigenvalue weighted by atomic mass is 16.5. The van der Waals surface area contributed by atoms with Crippen molar-refractivity contribution >= 4 is 17.5 Å². The van der Waals surface area contributed by atoms with Crippen LogP contribution >= 0.6 is 0 Å². The Morgan fingerprint density at radius 3 is 3.13 bits per heavy atom. The Morgan fingerprint density at radius 2 is 2.53 bits per heavy atom. The molecule has 1 aromatic rings. The number of carbonyl (C=O) groups is 1. The fourth-order valence-electron chi connectivity index (χ4n) is 0.935. The number of pyridine rings is 1. The van der Waals surface area contributed by atoms with Crippen molar-refractivity contribution in [2.24, 2.45) is 0 Å². The fraction of sp³-hybridized carbons (Fsp3) is 0.222. The van der Waals surface area contributed by atoms with E-state index in [1.807, 2.05) is 6.07 Å². The highest BCUT2D eigenvalue weighted by Gasteiger charge is 2.06. The van der Waals surface area contributed by atoms with Gasteiger partial charge in [0.2, 0.25) is 0 Å². The van der Waals surface area contributed by atoms with Crippen molar-refractivity contribution in [2.45, 2.75) is 0 Å². The van der Waals surface area contributed by atoms with Crippen LogP contribution in [-0.4, -0.2) is 24.6 Å². The predicted octanol–water partition coefficient (Wildman–Crippen LogP) is 0.120.